The van der Waals surface area contributed by atoms with Crippen LogP contribution in [0.25, 0.3) is 0 Å². The number of halogens is 1. The molecule has 1 N–H and O–H groups in total. The van der Waals surface area contributed by atoms with Crippen molar-refractivity contribution < 1.29 is 9.47 Å². The summed E-state index contributed by atoms with van der Waals surface area (Å²) in [6.07, 6.45) is 0.934. The molecule has 2 aromatic carbocycles. The third-order valence-corrected chi connectivity index (χ3v) is 4.20. The molecule has 3 rings (SSSR count). The normalized spacial score (nSPS) is 14.8. The monoisotopic (exact) mass is 347 g/mol. The van der Waals surface area contributed by atoms with Gasteiger partial charge in [-0.25, -0.2) is 0 Å². The maximum atomic E-state index is 5.67. The average Bonchev–Trinajstić information content (AvgIpc) is 2.54. The zero-order chi connectivity index (χ0) is 14.7. The van der Waals surface area contributed by atoms with E-state index in [0.29, 0.717) is 13.2 Å². The quantitative estimate of drug-likeness (QED) is 0.914. The number of benzene rings is 2. The van der Waals surface area contributed by atoms with Crippen LogP contribution in [0, 0.1) is 0 Å². The molecule has 0 amide bonds. The summed E-state index contributed by atoms with van der Waals surface area (Å²) in [6, 6.07) is 14.9. The first-order valence-corrected chi connectivity index (χ1v) is 7.87. The Labute approximate surface area is 133 Å². The van der Waals surface area contributed by atoms with Crippen LogP contribution in [-0.4, -0.2) is 20.3 Å². The molecule has 1 unspecified atom stereocenters. The van der Waals surface area contributed by atoms with Crippen LogP contribution in [0.5, 0.6) is 11.5 Å². The van der Waals surface area contributed by atoms with Gasteiger partial charge in [0, 0.05) is 10.5 Å². The minimum atomic E-state index is 0.252. The van der Waals surface area contributed by atoms with E-state index in [-0.39, 0.29) is 6.04 Å². The number of likely N-dealkylation sites (N-methyl/N-ethyl adjacent to an activating group) is 1. The van der Waals surface area contributed by atoms with Crippen LogP contribution in [0.1, 0.15) is 17.2 Å². The van der Waals surface area contributed by atoms with Gasteiger partial charge in [-0.2, -0.15) is 0 Å². The summed E-state index contributed by atoms with van der Waals surface area (Å²) in [7, 11) is 1.99. The van der Waals surface area contributed by atoms with Crippen molar-refractivity contribution in [3.05, 3.63) is 58.1 Å². The van der Waals surface area contributed by atoms with Gasteiger partial charge in [0.1, 0.15) is 13.2 Å². The minimum absolute atomic E-state index is 0.252. The molecule has 1 aliphatic rings. The van der Waals surface area contributed by atoms with Gasteiger partial charge >= 0.3 is 0 Å². The zero-order valence-electron chi connectivity index (χ0n) is 11.9. The van der Waals surface area contributed by atoms with E-state index in [4.69, 9.17) is 9.47 Å². The van der Waals surface area contributed by atoms with E-state index >= 15 is 0 Å². The molecule has 4 heteroatoms. The van der Waals surface area contributed by atoms with Crippen molar-refractivity contribution in [3.63, 3.8) is 0 Å². The van der Waals surface area contributed by atoms with Gasteiger partial charge in [-0.05, 0) is 48.9 Å². The van der Waals surface area contributed by atoms with Crippen molar-refractivity contribution in [2.24, 2.45) is 0 Å². The number of nitrogens with one attached hydrogen (secondary N) is 1. The summed E-state index contributed by atoms with van der Waals surface area (Å²) in [5.74, 6) is 1.68. The Morgan fingerprint density at radius 2 is 1.76 bits per heavy atom. The second-order valence-electron chi connectivity index (χ2n) is 5.07. The largest absolute Gasteiger partial charge is 0.486 e. The van der Waals surface area contributed by atoms with E-state index in [1.54, 1.807) is 0 Å². The summed E-state index contributed by atoms with van der Waals surface area (Å²) in [4.78, 5) is 0. The molecule has 0 aliphatic carbocycles. The smallest absolute Gasteiger partial charge is 0.161 e. The van der Waals surface area contributed by atoms with Crippen LogP contribution in [0.2, 0.25) is 0 Å². The van der Waals surface area contributed by atoms with E-state index in [1.807, 2.05) is 13.1 Å². The van der Waals surface area contributed by atoms with Gasteiger partial charge in [0.25, 0.3) is 0 Å². The molecular weight excluding hydrogens is 330 g/mol. The Hall–Kier alpha value is -1.52. The molecule has 0 saturated carbocycles. The Balaban J connectivity index is 1.81. The Morgan fingerprint density at radius 3 is 2.48 bits per heavy atom. The molecule has 1 atom stereocenters. The van der Waals surface area contributed by atoms with Gasteiger partial charge in [-0.1, -0.05) is 34.1 Å². The van der Waals surface area contributed by atoms with Gasteiger partial charge in [-0.3, -0.25) is 0 Å². The molecule has 3 nitrogen and oxygen atoms in total. The lowest BCUT2D eigenvalue weighted by Gasteiger charge is -2.22. The molecule has 1 aliphatic heterocycles. The number of hydrogen-bond donors (Lipinski definition) is 1. The highest BCUT2D eigenvalue weighted by Crippen LogP contribution is 2.33. The maximum Gasteiger partial charge on any atom is 0.161 e. The second-order valence-corrected chi connectivity index (χ2v) is 5.99. The number of fused-ring (bicyclic) bond motifs is 1. The lowest BCUT2D eigenvalue weighted by Crippen LogP contribution is -2.20. The SMILES string of the molecule is CNC(Cc1ccc(Br)cc1)c1ccc2c(c1)OCCO2. The Bertz CT molecular complexity index is 613. The molecule has 0 aromatic heterocycles. The van der Waals surface area contributed by atoms with Gasteiger partial charge in [0.15, 0.2) is 11.5 Å². The predicted molar refractivity (Wildman–Crippen MR) is 87.1 cm³/mol. The van der Waals surface area contributed by atoms with Crippen LogP contribution >= 0.6 is 15.9 Å². The molecule has 110 valence electrons. The van der Waals surface area contributed by atoms with Crippen molar-refractivity contribution in [1.29, 1.82) is 0 Å². The van der Waals surface area contributed by atoms with Crippen LogP contribution in [0.4, 0.5) is 0 Å². The van der Waals surface area contributed by atoms with E-state index in [9.17, 15) is 0 Å². The highest BCUT2D eigenvalue weighted by Gasteiger charge is 2.16. The average molecular weight is 348 g/mol. The summed E-state index contributed by atoms with van der Waals surface area (Å²) < 4.78 is 12.3. The number of rotatable bonds is 4. The van der Waals surface area contributed by atoms with Gasteiger partial charge in [-0.15, -0.1) is 0 Å². The van der Waals surface area contributed by atoms with Crippen LogP contribution in [0.3, 0.4) is 0 Å². The third kappa shape index (κ3) is 3.39. The van der Waals surface area contributed by atoms with Crippen molar-refractivity contribution in [1.82, 2.24) is 5.32 Å². The molecular formula is C17H18BrNO2. The molecule has 0 spiro atoms. The third-order valence-electron chi connectivity index (χ3n) is 3.67. The Kier molecular flexibility index (Phi) is 4.46. The molecule has 0 fully saturated rings. The van der Waals surface area contributed by atoms with Gasteiger partial charge in [0.05, 0.1) is 0 Å². The number of hydrogen-bond acceptors (Lipinski definition) is 3. The van der Waals surface area contributed by atoms with Crippen molar-refractivity contribution in [2.75, 3.05) is 20.3 Å². The van der Waals surface area contributed by atoms with Crippen molar-refractivity contribution >= 4 is 15.9 Å². The van der Waals surface area contributed by atoms with E-state index in [0.717, 1.165) is 22.4 Å². The number of ether oxygens (including phenoxy) is 2. The van der Waals surface area contributed by atoms with E-state index in [1.165, 1.54) is 11.1 Å². The van der Waals surface area contributed by atoms with Crippen molar-refractivity contribution in [2.45, 2.75) is 12.5 Å². The van der Waals surface area contributed by atoms with E-state index < -0.39 is 0 Å². The first-order chi connectivity index (χ1) is 10.3. The van der Waals surface area contributed by atoms with Crippen molar-refractivity contribution in [3.8, 4) is 11.5 Å². The zero-order valence-corrected chi connectivity index (χ0v) is 13.5. The lowest BCUT2D eigenvalue weighted by atomic mass is 9.98. The molecule has 1 heterocycles. The fraction of sp³-hybridized carbons (Fsp3) is 0.294. The lowest BCUT2D eigenvalue weighted by molar-refractivity contribution is 0.171. The summed E-state index contributed by atoms with van der Waals surface area (Å²) in [6.45, 7) is 1.24. The minimum Gasteiger partial charge on any atom is -0.486 e. The second kappa shape index (κ2) is 6.50. The molecule has 21 heavy (non-hydrogen) atoms. The van der Waals surface area contributed by atoms with Crippen LogP contribution < -0.4 is 14.8 Å². The first kappa shape index (κ1) is 14.4. The van der Waals surface area contributed by atoms with E-state index in [2.05, 4.69) is 57.6 Å². The fourth-order valence-corrected chi connectivity index (χ4v) is 2.78. The summed E-state index contributed by atoms with van der Waals surface area (Å²) >= 11 is 3.47. The van der Waals surface area contributed by atoms with Crippen LogP contribution in [-0.2, 0) is 6.42 Å². The fourth-order valence-electron chi connectivity index (χ4n) is 2.52. The van der Waals surface area contributed by atoms with Gasteiger partial charge < -0.3 is 14.8 Å². The highest BCUT2D eigenvalue weighted by atomic mass is 79.9. The topological polar surface area (TPSA) is 30.5 Å². The highest BCUT2D eigenvalue weighted by molar-refractivity contribution is 9.10. The molecule has 2 aromatic rings. The molecule has 0 bridgehead atoms. The summed E-state index contributed by atoms with van der Waals surface area (Å²) in [5, 5.41) is 3.38. The van der Waals surface area contributed by atoms with Crippen LogP contribution in [0.15, 0.2) is 46.9 Å². The predicted octanol–water partition coefficient (Wildman–Crippen LogP) is 3.72. The first-order valence-electron chi connectivity index (χ1n) is 7.07. The molecule has 0 saturated heterocycles. The summed E-state index contributed by atoms with van der Waals surface area (Å²) in [5.41, 5.74) is 2.51. The molecule has 0 radical (unpaired) electrons. The maximum absolute atomic E-state index is 5.67. The standard InChI is InChI=1S/C17H18BrNO2/c1-19-15(10-12-2-5-14(18)6-3-12)13-4-7-16-17(11-13)21-9-8-20-16/h2-7,11,15,19H,8-10H2,1H3. The Morgan fingerprint density at radius 1 is 1.05 bits per heavy atom. The van der Waals surface area contributed by atoms with Gasteiger partial charge in [0.2, 0.25) is 0 Å².